The van der Waals surface area contributed by atoms with Crippen LogP contribution in [-0.2, 0) is 0 Å². The highest BCUT2D eigenvalue weighted by atomic mass is 32.1. The van der Waals surface area contributed by atoms with Gasteiger partial charge in [0.1, 0.15) is 5.84 Å². The molecule has 0 saturated carbocycles. The quantitative estimate of drug-likeness (QED) is 0.149. The van der Waals surface area contributed by atoms with Gasteiger partial charge in [-0.05, 0) is 71.4 Å². The molecule has 1 aliphatic carbocycles. The van der Waals surface area contributed by atoms with Gasteiger partial charge in [0, 0.05) is 27.2 Å². The summed E-state index contributed by atoms with van der Waals surface area (Å²) in [6, 6.07) is 25.8. The molecule has 1 aliphatic rings. The molecule has 188 valence electrons. The lowest BCUT2D eigenvalue weighted by molar-refractivity contribution is 0.975. The van der Waals surface area contributed by atoms with Crippen molar-refractivity contribution in [1.82, 2.24) is 5.32 Å². The van der Waals surface area contributed by atoms with Gasteiger partial charge in [-0.1, -0.05) is 98.1 Å². The maximum absolute atomic E-state index is 4.85. The number of allylic oxidation sites excluding steroid dienone is 8. The van der Waals surface area contributed by atoms with Gasteiger partial charge < -0.3 is 5.32 Å². The van der Waals surface area contributed by atoms with Gasteiger partial charge in [-0.2, -0.15) is 0 Å². The molecule has 0 fully saturated rings. The van der Waals surface area contributed by atoms with Crippen LogP contribution >= 0.6 is 11.3 Å². The van der Waals surface area contributed by atoms with Gasteiger partial charge >= 0.3 is 0 Å². The number of aliphatic imine (C=N–C) groups is 1. The Labute approximate surface area is 229 Å². The fourth-order valence-corrected chi connectivity index (χ4v) is 5.89. The highest BCUT2D eigenvalue weighted by Gasteiger charge is 2.12. The first-order chi connectivity index (χ1) is 18.6. The number of nitrogens with zero attached hydrogens (tertiary/aromatic N) is 1. The van der Waals surface area contributed by atoms with Crippen LogP contribution in [0.25, 0.3) is 31.3 Å². The fraction of sp³-hybridized carbons (Fsp3) is 0.114. The van der Waals surface area contributed by atoms with Crippen LogP contribution in [0.4, 0.5) is 0 Å². The highest BCUT2D eigenvalue weighted by Crippen LogP contribution is 2.35. The summed E-state index contributed by atoms with van der Waals surface area (Å²) in [7, 11) is 1.90. The van der Waals surface area contributed by atoms with Gasteiger partial charge in [0.25, 0.3) is 0 Å². The van der Waals surface area contributed by atoms with Crippen LogP contribution in [-0.4, -0.2) is 12.9 Å². The molecule has 0 amide bonds. The normalized spacial score (nSPS) is 14.8. The zero-order valence-electron chi connectivity index (χ0n) is 22.0. The standard InChI is InChI=1S/C35H32N2S/c1-5-26(30-21-22-34-32(23-30)31-13-9-10-14-33(31)38-34)16-15-24(2)35(36-4)37-25(3)27-17-19-29(20-18-27)28-11-7-6-8-12-28/h5-17,19,21-23H,1,3,18,20H2,2,4H3,(H,36,37)/b24-15+,26-16+. The number of hydrogen-bond acceptors (Lipinski definition) is 2. The Morgan fingerprint density at radius 2 is 1.66 bits per heavy atom. The maximum atomic E-state index is 4.85. The maximum Gasteiger partial charge on any atom is 0.129 e. The van der Waals surface area contributed by atoms with Crippen LogP contribution in [0.5, 0.6) is 0 Å². The second-order valence-electron chi connectivity index (χ2n) is 9.39. The lowest BCUT2D eigenvalue weighted by atomic mass is 9.92. The lowest BCUT2D eigenvalue weighted by Crippen LogP contribution is -2.19. The molecule has 0 radical (unpaired) electrons. The number of thiophene rings is 1. The molecule has 1 aromatic heterocycles. The Balaban J connectivity index is 1.38. The van der Waals surface area contributed by atoms with E-state index < -0.39 is 0 Å². The van der Waals surface area contributed by atoms with E-state index in [9.17, 15) is 0 Å². The Morgan fingerprint density at radius 1 is 0.895 bits per heavy atom. The summed E-state index contributed by atoms with van der Waals surface area (Å²) in [6.45, 7) is 10.4. The van der Waals surface area contributed by atoms with Crippen molar-refractivity contribution in [1.29, 1.82) is 0 Å². The molecular formula is C35H32N2S. The van der Waals surface area contributed by atoms with E-state index in [1.807, 2.05) is 24.5 Å². The third-order valence-corrected chi connectivity index (χ3v) is 8.12. The van der Waals surface area contributed by atoms with E-state index in [1.165, 1.54) is 36.9 Å². The van der Waals surface area contributed by atoms with Gasteiger partial charge in [0.05, 0.1) is 5.70 Å². The number of amidine groups is 1. The van der Waals surface area contributed by atoms with E-state index in [-0.39, 0.29) is 0 Å². The number of benzene rings is 3. The summed E-state index contributed by atoms with van der Waals surface area (Å²) in [6.07, 6.45) is 12.4. The highest BCUT2D eigenvalue weighted by molar-refractivity contribution is 7.25. The third-order valence-electron chi connectivity index (χ3n) is 6.96. The minimum Gasteiger partial charge on any atom is -0.373 e. The second-order valence-corrected chi connectivity index (χ2v) is 10.5. The topological polar surface area (TPSA) is 24.4 Å². The first-order valence-corrected chi connectivity index (χ1v) is 13.7. The van der Waals surface area contributed by atoms with Crippen molar-refractivity contribution in [2.75, 3.05) is 7.05 Å². The summed E-state index contributed by atoms with van der Waals surface area (Å²) in [4.78, 5) is 4.85. The first kappa shape index (κ1) is 25.4. The molecule has 38 heavy (non-hydrogen) atoms. The van der Waals surface area contributed by atoms with Crippen LogP contribution in [0.3, 0.4) is 0 Å². The summed E-state index contributed by atoms with van der Waals surface area (Å²) < 4.78 is 2.62. The molecule has 0 atom stereocenters. The van der Waals surface area contributed by atoms with Crippen molar-refractivity contribution in [3.05, 3.63) is 144 Å². The average molecular weight is 513 g/mol. The monoisotopic (exact) mass is 512 g/mol. The van der Waals surface area contributed by atoms with Crippen LogP contribution < -0.4 is 5.32 Å². The second kappa shape index (κ2) is 11.5. The van der Waals surface area contributed by atoms with Crippen LogP contribution in [0, 0.1) is 0 Å². The third kappa shape index (κ3) is 5.39. The molecule has 2 nitrogen and oxygen atoms in total. The van der Waals surface area contributed by atoms with Crippen LogP contribution in [0.15, 0.2) is 138 Å². The number of fused-ring (bicyclic) bond motifs is 3. The Hall–Kier alpha value is -4.21. The summed E-state index contributed by atoms with van der Waals surface area (Å²) in [5, 5.41) is 5.84. The molecule has 3 heteroatoms. The van der Waals surface area contributed by atoms with Gasteiger partial charge in [-0.25, -0.2) is 4.99 Å². The Bertz CT molecular complexity index is 1670. The zero-order valence-corrected chi connectivity index (χ0v) is 22.8. The molecule has 1 heterocycles. The van der Waals surface area contributed by atoms with E-state index in [0.717, 1.165) is 41.1 Å². The Morgan fingerprint density at radius 3 is 2.39 bits per heavy atom. The molecule has 1 N–H and O–H groups in total. The van der Waals surface area contributed by atoms with Crippen LogP contribution in [0.1, 0.15) is 30.9 Å². The van der Waals surface area contributed by atoms with Crippen molar-refractivity contribution in [3.63, 3.8) is 0 Å². The van der Waals surface area contributed by atoms with E-state index >= 15 is 0 Å². The number of hydrogen-bond donors (Lipinski definition) is 1. The fourth-order valence-electron chi connectivity index (χ4n) is 4.80. The van der Waals surface area contributed by atoms with Crippen molar-refractivity contribution >= 4 is 48.5 Å². The summed E-state index contributed by atoms with van der Waals surface area (Å²) >= 11 is 1.83. The lowest BCUT2D eigenvalue weighted by Gasteiger charge is -2.16. The van der Waals surface area contributed by atoms with Crippen molar-refractivity contribution in [2.45, 2.75) is 19.8 Å². The molecule has 3 aromatic carbocycles. The molecule has 0 saturated heterocycles. The number of nitrogens with one attached hydrogen (secondary N) is 1. The summed E-state index contributed by atoms with van der Waals surface area (Å²) in [5.41, 5.74) is 7.86. The minimum absolute atomic E-state index is 0.799. The predicted octanol–water partition coefficient (Wildman–Crippen LogP) is 9.51. The average Bonchev–Trinajstić information content (AvgIpc) is 3.34. The zero-order chi connectivity index (χ0) is 26.5. The van der Waals surface area contributed by atoms with Crippen molar-refractivity contribution < 1.29 is 0 Å². The van der Waals surface area contributed by atoms with E-state index in [2.05, 4.69) is 122 Å². The SMILES string of the molecule is C=C\C(=C/C=C(C)/C(=N/C(=C)C1=CC=C(c2ccccc2)CC1)NC)c1ccc2sc3ccccc3c2c1. The molecular weight excluding hydrogens is 480 g/mol. The number of likely N-dealkylation sites (N-methyl/N-ethyl adjacent to an activating group) is 1. The molecule has 5 rings (SSSR count). The van der Waals surface area contributed by atoms with Crippen molar-refractivity contribution in [2.24, 2.45) is 4.99 Å². The van der Waals surface area contributed by atoms with Gasteiger partial charge in [-0.15, -0.1) is 11.3 Å². The van der Waals surface area contributed by atoms with Gasteiger partial charge in [-0.3, -0.25) is 0 Å². The van der Waals surface area contributed by atoms with Gasteiger partial charge in [0.15, 0.2) is 0 Å². The largest absolute Gasteiger partial charge is 0.373 e. The first-order valence-electron chi connectivity index (χ1n) is 12.9. The minimum atomic E-state index is 0.799. The van der Waals surface area contributed by atoms with E-state index in [4.69, 9.17) is 4.99 Å². The van der Waals surface area contributed by atoms with Crippen molar-refractivity contribution in [3.8, 4) is 0 Å². The summed E-state index contributed by atoms with van der Waals surface area (Å²) in [5.74, 6) is 0.813. The molecule has 0 unspecified atom stereocenters. The van der Waals surface area contributed by atoms with E-state index in [0.29, 0.717) is 0 Å². The molecule has 0 aliphatic heterocycles. The van der Waals surface area contributed by atoms with Gasteiger partial charge in [0.2, 0.25) is 0 Å². The van der Waals surface area contributed by atoms with Crippen LogP contribution in [0.2, 0.25) is 0 Å². The van der Waals surface area contributed by atoms with E-state index in [1.54, 1.807) is 0 Å². The smallest absolute Gasteiger partial charge is 0.129 e. The molecule has 4 aromatic rings. The predicted molar refractivity (Wildman–Crippen MR) is 169 cm³/mol. The number of rotatable bonds is 7. The molecule has 0 spiro atoms. The molecule has 0 bridgehead atoms. The Kier molecular flexibility index (Phi) is 7.67.